The first kappa shape index (κ1) is 23.5. The van der Waals surface area contributed by atoms with Crippen molar-refractivity contribution in [1.82, 2.24) is 14.5 Å². The molecule has 0 aliphatic heterocycles. The summed E-state index contributed by atoms with van der Waals surface area (Å²) in [5, 5.41) is 11.6. The second kappa shape index (κ2) is 9.07. The number of aromatic hydroxyl groups is 1. The molecule has 0 radical (unpaired) electrons. The summed E-state index contributed by atoms with van der Waals surface area (Å²) in [5.41, 5.74) is 4.33. The van der Waals surface area contributed by atoms with E-state index in [4.69, 9.17) is 14.1 Å². The van der Waals surface area contributed by atoms with Crippen molar-refractivity contribution in [2.45, 2.75) is 27.7 Å². The molecule has 7 nitrogen and oxygen atoms in total. The lowest BCUT2D eigenvalue weighted by molar-refractivity contribution is 0.271. The van der Waals surface area contributed by atoms with Gasteiger partial charge in [0.15, 0.2) is 5.76 Å². The number of rotatable bonds is 6. The highest BCUT2D eigenvalue weighted by atomic mass is 16.5. The standard InChI is InChI=1S/C29H29N3O4/c1-16(2)15-35-20-11-12-22-21(14-20)24(18(4)32(22)5)29-30-25(19-9-7-6-8-10-19)26(31-29)28-27(34)23(33)13-17(3)36-28/h6-14,16,34H,15H2,1-5H3,(H,30,31). The zero-order valence-corrected chi connectivity index (χ0v) is 21.0. The Hall–Kier alpha value is -4.26. The van der Waals surface area contributed by atoms with Gasteiger partial charge in [0.2, 0.25) is 11.2 Å². The van der Waals surface area contributed by atoms with Crippen LogP contribution in [0.3, 0.4) is 0 Å². The van der Waals surface area contributed by atoms with Crippen LogP contribution in [0.2, 0.25) is 0 Å². The number of H-pyrrole nitrogens is 1. The van der Waals surface area contributed by atoms with E-state index in [0.29, 0.717) is 35.5 Å². The van der Waals surface area contributed by atoms with Crippen LogP contribution < -0.4 is 10.2 Å². The molecule has 3 heterocycles. The molecule has 0 bridgehead atoms. The lowest BCUT2D eigenvalue weighted by Gasteiger charge is -2.09. The molecule has 2 N–H and O–H groups in total. The maximum Gasteiger partial charge on any atom is 0.227 e. The van der Waals surface area contributed by atoms with Crippen molar-refractivity contribution in [3.05, 3.63) is 76.3 Å². The Kier molecular flexibility index (Phi) is 5.92. The topological polar surface area (TPSA) is 93.3 Å². The molecule has 2 aromatic carbocycles. The largest absolute Gasteiger partial charge is 0.501 e. The number of hydrogen-bond donors (Lipinski definition) is 2. The molecule has 0 fully saturated rings. The number of aryl methyl sites for hydroxylation is 2. The average Bonchev–Trinajstić information content (AvgIpc) is 3.39. The van der Waals surface area contributed by atoms with Gasteiger partial charge in [-0.25, -0.2) is 4.98 Å². The Bertz CT molecular complexity index is 1620. The van der Waals surface area contributed by atoms with Crippen LogP contribution in [0, 0.1) is 19.8 Å². The molecule has 0 unspecified atom stereocenters. The molecule has 0 saturated heterocycles. The zero-order valence-electron chi connectivity index (χ0n) is 21.0. The van der Waals surface area contributed by atoms with Gasteiger partial charge in [-0.05, 0) is 38.0 Å². The van der Waals surface area contributed by atoms with Gasteiger partial charge in [0.1, 0.15) is 28.7 Å². The number of aromatic nitrogens is 3. The maximum absolute atomic E-state index is 12.4. The van der Waals surface area contributed by atoms with Gasteiger partial charge in [-0.2, -0.15) is 0 Å². The number of hydrogen-bond acceptors (Lipinski definition) is 5. The van der Waals surface area contributed by atoms with E-state index in [2.05, 4.69) is 29.5 Å². The Balaban J connectivity index is 1.76. The molecule has 0 aliphatic rings. The molecule has 184 valence electrons. The molecule has 5 rings (SSSR count). The quantitative estimate of drug-likeness (QED) is 0.299. The van der Waals surface area contributed by atoms with Gasteiger partial charge in [0, 0.05) is 40.8 Å². The van der Waals surface area contributed by atoms with Crippen molar-refractivity contribution >= 4 is 10.9 Å². The van der Waals surface area contributed by atoms with Crippen molar-refractivity contribution in [2.24, 2.45) is 13.0 Å². The van der Waals surface area contributed by atoms with Crippen molar-refractivity contribution < 1.29 is 14.3 Å². The fourth-order valence-corrected chi connectivity index (χ4v) is 4.44. The van der Waals surface area contributed by atoms with Gasteiger partial charge < -0.3 is 23.8 Å². The fourth-order valence-electron chi connectivity index (χ4n) is 4.44. The van der Waals surface area contributed by atoms with Gasteiger partial charge in [-0.3, -0.25) is 4.79 Å². The summed E-state index contributed by atoms with van der Waals surface area (Å²) in [4.78, 5) is 20.7. The third kappa shape index (κ3) is 4.06. The van der Waals surface area contributed by atoms with Crippen LogP contribution in [-0.2, 0) is 7.05 Å². The summed E-state index contributed by atoms with van der Waals surface area (Å²) in [6.45, 7) is 8.58. The van der Waals surface area contributed by atoms with E-state index in [1.807, 2.05) is 56.4 Å². The molecule has 0 atom stereocenters. The summed E-state index contributed by atoms with van der Waals surface area (Å²) < 4.78 is 14.0. The monoisotopic (exact) mass is 483 g/mol. The number of ether oxygens (including phenoxy) is 1. The number of nitrogens with zero attached hydrogens (tertiary/aromatic N) is 2. The lowest BCUT2D eigenvalue weighted by Crippen LogP contribution is -2.04. The Morgan fingerprint density at radius 2 is 1.86 bits per heavy atom. The minimum absolute atomic E-state index is 0.0662. The normalized spacial score (nSPS) is 11.5. The highest BCUT2D eigenvalue weighted by Gasteiger charge is 2.24. The minimum atomic E-state index is -0.503. The number of benzene rings is 2. The van der Waals surface area contributed by atoms with Crippen molar-refractivity contribution in [1.29, 1.82) is 0 Å². The van der Waals surface area contributed by atoms with Crippen LogP contribution >= 0.6 is 0 Å². The van der Waals surface area contributed by atoms with E-state index in [0.717, 1.165) is 33.5 Å². The van der Waals surface area contributed by atoms with E-state index in [9.17, 15) is 9.90 Å². The van der Waals surface area contributed by atoms with E-state index >= 15 is 0 Å². The summed E-state index contributed by atoms with van der Waals surface area (Å²) >= 11 is 0. The predicted molar refractivity (Wildman–Crippen MR) is 141 cm³/mol. The van der Waals surface area contributed by atoms with Gasteiger partial charge in [0.05, 0.1) is 6.61 Å². The molecule has 0 spiro atoms. The first-order valence-electron chi connectivity index (χ1n) is 12.0. The lowest BCUT2D eigenvalue weighted by atomic mass is 10.1. The van der Waals surface area contributed by atoms with E-state index in [1.165, 1.54) is 6.07 Å². The number of aromatic amines is 1. The summed E-state index contributed by atoms with van der Waals surface area (Å²) in [6, 6.07) is 17.0. The van der Waals surface area contributed by atoms with Gasteiger partial charge in [-0.15, -0.1) is 0 Å². The first-order chi connectivity index (χ1) is 17.2. The smallest absolute Gasteiger partial charge is 0.227 e. The number of nitrogens with one attached hydrogen (secondary N) is 1. The van der Waals surface area contributed by atoms with Crippen molar-refractivity contribution in [3.63, 3.8) is 0 Å². The third-order valence-electron chi connectivity index (χ3n) is 6.31. The molecule has 0 saturated carbocycles. The molecule has 5 aromatic rings. The SMILES string of the molecule is Cc1cc(=O)c(O)c(-c2[nH]c(-c3c(C)n(C)c4ccc(OCC(C)C)cc34)nc2-c2ccccc2)o1. The van der Waals surface area contributed by atoms with Crippen molar-refractivity contribution in [3.8, 4) is 45.6 Å². The van der Waals surface area contributed by atoms with Crippen LogP contribution in [-0.4, -0.2) is 26.2 Å². The van der Waals surface area contributed by atoms with Gasteiger partial charge in [0.25, 0.3) is 0 Å². The highest BCUT2D eigenvalue weighted by Crippen LogP contribution is 2.40. The van der Waals surface area contributed by atoms with Gasteiger partial charge in [-0.1, -0.05) is 44.2 Å². The summed E-state index contributed by atoms with van der Waals surface area (Å²) in [6.07, 6.45) is 0. The Labute approximate surface area is 209 Å². The number of imidazole rings is 1. The molecule has 7 heteroatoms. The van der Waals surface area contributed by atoms with Crippen LogP contribution in [0.1, 0.15) is 25.3 Å². The highest BCUT2D eigenvalue weighted by molar-refractivity contribution is 5.98. The zero-order chi connectivity index (χ0) is 25.6. The van der Waals surface area contributed by atoms with Crippen LogP contribution in [0.15, 0.2) is 63.8 Å². The fraction of sp³-hybridized carbons (Fsp3) is 0.241. The summed E-state index contributed by atoms with van der Waals surface area (Å²) in [5.74, 6) is 1.83. The molecule has 0 aliphatic carbocycles. The van der Waals surface area contributed by atoms with Gasteiger partial charge >= 0.3 is 0 Å². The molecular weight excluding hydrogens is 454 g/mol. The molecule has 3 aromatic heterocycles. The number of fused-ring (bicyclic) bond motifs is 1. The minimum Gasteiger partial charge on any atom is -0.501 e. The first-order valence-corrected chi connectivity index (χ1v) is 12.0. The maximum atomic E-state index is 12.4. The predicted octanol–water partition coefficient (Wildman–Crippen LogP) is 6.21. The molecular formula is C29H29N3O4. The molecule has 36 heavy (non-hydrogen) atoms. The third-order valence-corrected chi connectivity index (χ3v) is 6.31. The van der Waals surface area contributed by atoms with E-state index in [-0.39, 0.29) is 5.76 Å². The summed E-state index contributed by atoms with van der Waals surface area (Å²) in [7, 11) is 2.02. The van der Waals surface area contributed by atoms with E-state index in [1.54, 1.807) is 6.92 Å². The van der Waals surface area contributed by atoms with Crippen LogP contribution in [0.5, 0.6) is 11.5 Å². The Morgan fingerprint density at radius 1 is 1.11 bits per heavy atom. The van der Waals surface area contributed by atoms with Crippen LogP contribution in [0.25, 0.3) is 45.0 Å². The molecule has 0 amide bonds. The van der Waals surface area contributed by atoms with Crippen molar-refractivity contribution in [2.75, 3.05) is 6.61 Å². The second-order valence-corrected chi connectivity index (χ2v) is 9.48. The Morgan fingerprint density at radius 3 is 2.58 bits per heavy atom. The second-order valence-electron chi connectivity index (χ2n) is 9.48. The van der Waals surface area contributed by atoms with E-state index < -0.39 is 11.2 Å². The van der Waals surface area contributed by atoms with Crippen LogP contribution in [0.4, 0.5) is 0 Å². The average molecular weight is 484 g/mol.